The molecule has 1 heterocycles. The molecule has 0 saturated heterocycles. The van der Waals surface area contributed by atoms with Crippen LogP contribution in [-0.2, 0) is 9.53 Å². The van der Waals surface area contributed by atoms with E-state index in [0.29, 0.717) is 5.69 Å². The van der Waals surface area contributed by atoms with Crippen molar-refractivity contribution < 1.29 is 24.1 Å². The second-order valence-electron chi connectivity index (χ2n) is 4.34. The summed E-state index contributed by atoms with van der Waals surface area (Å²) in [6.45, 7) is 1.71. The molecule has 2 N–H and O–H groups in total. The molecule has 21 heavy (non-hydrogen) atoms. The predicted octanol–water partition coefficient (Wildman–Crippen LogP) is 0.969. The third-order valence-corrected chi connectivity index (χ3v) is 2.86. The molecule has 2 unspecified atom stereocenters. The molecule has 1 aromatic carbocycles. The minimum atomic E-state index is -1.68. The van der Waals surface area contributed by atoms with E-state index in [2.05, 4.69) is 9.84 Å². The van der Waals surface area contributed by atoms with Gasteiger partial charge in [0.15, 0.2) is 6.10 Å². The second kappa shape index (κ2) is 6.47. The van der Waals surface area contributed by atoms with Crippen LogP contribution in [-0.4, -0.2) is 38.7 Å². The van der Waals surface area contributed by atoms with Gasteiger partial charge in [-0.2, -0.15) is 5.10 Å². The van der Waals surface area contributed by atoms with Gasteiger partial charge < -0.3 is 14.9 Å². The molecule has 0 fully saturated rings. The lowest BCUT2D eigenvalue weighted by Crippen LogP contribution is -2.29. The van der Waals surface area contributed by atoms with Crippen LogP contribution in [0.4, 0.5) is 4.39 Å². The zero-order valence-corrected chi connectivity index (χ0v) is 11.3. The zero-order chi connectivity index (χ0) is 15.4. The lowest BCUT2D eigenvalue weighted by Gasteiger charge is -2.14. The van der Waals surface area contributed by atoms with Gasteiger partial charge in [0.1, 0.15) is 11.9 Å². The Morgan fingerprint density at radius 3 is 2.67 bits per heavy atom. The highest BCUT2D eigenvalue weighted by molar-refractivity contribution is 5.75. The summed E-state index contributed by atoms with van der Waals surface area (Å²) in [7, 11) is 0. The number of carbonyl (C=O) groups is 1. The monoisotopic (exact) mass is 294 g/mol. The molecule has 0 saturated carbocycles. The Morgan fingerprint density at radius 1 is 1.38 bits per heavy atom. The number of aliphatic hydroxyl groups is 2. The number of rotatable bonds is 5. The molecule has 0 aliphatic rings. The first-order chi connectivity index (χ1) is 10.0. The van der Waals surface area contributed by atoms with Gasteiger partial charge in [0, 0.05) is 11.8 Å². The van der Waals surface area contributed by atoms with Crippen LogP contribution in [0.5, 0.6) is 0 Å². The van der Waals surface area contributed by atoms with Gasteiger partial charge in [0.25, 0.3) is 0 Å². The number of esters is 1. The molecule has 0 amide bonds. The van der Waals surface area contributed by atoms with E-state index < -0.39 is 18.2 Å². The molecule has 2 aromatic rings. The van der Waals surface area contributed by atoms with Crippen LogP contribution >= 0.6 is 0 Å². The number of hydrogen-bond donors (Lipinski definition) is 2. The lowest BCUT2D eigenvalue weighted by molar-refractivity contribution is -0.159. The van der Waals surface area contributed by atoms with E-state index in [1.54, 1.807) is 6.92 Å². The van der Waals surface area contributed by atoms with E-state index in [-0.39, 0.29) is 18.0 Å². The smallest absolute Gasteiger partial charge is 0.338 e. The molecular formula is C14H15FN2O4. The van der Waals surface area contributed by atoms with Crippen molar-refractivity contribution in [3.63, 3.8) is 0 Å². The van der Waals surface area contributed by atoms with Crippen molar-refractivity contribution >= 4 is 5.97 Å². The Kier molecular flexibility index (Phi) is 4.66. The fraction of sp³-hybridized carbons (Fsp3) is 0.286. The number of carbonyl (C=O) groups excluding carboxylic acids is 1. The first kappa shape index (κ1) is 15.1. The van der Waals surface area contributed by atoms with Gasteiger partial charge in [-0.15, -0.1) is 0 Å². The number of benzene rings is 1. The lowest BCUT2D eigenvalue weighted by atomic mass is 10.1. The molecule has 0 bridgehead atoms. The summed E-state index contributed by atoms with van der Waals surface area (Å²) in [5.74, 6) is -1.27. The van der Waals surface area contributed by atoms with Crippen molar-refractivity contribution in [2.24, 2.45) is 0 Å². The summed E-state index contributed by atoms with van der Waals surface area (Å²) >= 11 is 0. The minimum absolute atomic E-state index is 0.109. The third-order valence-electron chi connectivity index (χ3n) is 2.86. The van der Waals surface area contributed by atoms with Crippen molar-refractivity contribution in [2.45, 2.75) is 19.1 Å². The van der Waals surface area contributed by atoms with Gasteiger partial charge in [0.05, 0.1) is 18.5 Å². The van der Waals surface area contributed by atoms with Crippen molar-refractivity contribution in [2.75, 3.05) is 6.61 Å². The highest BCUT2D eigenvalue weighted by Gasteiger charge is 2.28. The maximum atomic E-state index is 12.8. The van der Waals surface area contributed by atoms with E-state index in [1.807, 2.05) is 0 Å². The molecule has 0 aliphatic carbocycles. The number of aliphatic hydroxyl groups excluding tert-OH is 2. The second-order valence-corrected chi connectivity index (χ2v) is 4.34. The van der Waals surface area contributed by atoms with Crippen LogP contribution in [0.3, 0.4) is 0 Å². The fourth-order valence-electron chi connectivity index (χ4n) is 1.76. The molecule has 7 heteroatoms. The highest BCUT2D eigenvalue weighted by atomic mass is 19.1. The van der Waals surface area contributed by atoms with E-state index in [1.165, 1.54) is 41.3 Å². The van der Waals surface area contributed by atoms with Crippen LogP contribution < -0.4 is 0 Å². The van der Waals surface area contributed by atoms with Gasteiger partial charge in [0.2, 0.25) is 0 Å². The Bertz CT molecular complexity index is 612. The molecule has 2 atom stereocenters. The van der Waals surface area contributed by atoms with Gasteiger partial charge >= 0.3 is 5.97 Å². The molecule has 1 aromatic heterocycles. The van der Waals surface area contributed by atoms with E-state index in [0.717, 1.165) is 0 Å². The first-order valence-electron chi connectivity index (χ1n) is 6.36. The third kappa shape index (κ3) is 3.45. The molecule has 2 rings (SSSR count). The standard InChI is InChI=1S/C14H15FN2O4/c1-2-21-14(20)13(19)12(18)9-7-16-17(8-9)11-5-3-10(15)4-6-11/h3-8,12-13,18-19H,2H2,1H3. The maximum absolute atomic E-state index is 12.8. The summed E-state index contributed by atoms with van der Waals surface area (Å²) in [6, 6.07) is 5.59. The van der Waals surface area contributed by atoms with E-state index in [9.17, 15) is 19.4 Å². The number of aromatic nitrogens is 2. The van der Waals surface area contributed by atoms with Crippen LogP contribution in [0.25, 0.3) is 5.69 Å². The molecule has 112 valence electrons. The van der Waals surface area contributed by atoms with Crippen LogP contribution in [0.1, 0.15) is 18.6 Å². The van der Waals surface area contributed by atoms with E-state index >= 15 is 0 Å². The average Bonchev–Trinajstić information content (AvgIpc) is 2.96. The Hall–Kier alpha value is -2.25. The summed E-state index contributed by atoms with van der Waals surface area (Å²) in [6.07, 6.45) is -0.370. The van der Waals surface area contributed by atoms with Crippen molar-refractivity contribution in [3.8, 4) is 5.69 Å². The van der Waals surface area contributed by atoms with Gasteiger partial charge in [-0.3, -0.25) is 0 Å². The first-order valence-corrected chi connectivity index (χ1v) is 6.36. The fourth-order valence-corrected chi connectivity index (χ4v) is 1.76. The normalized spacial score (nSPS) is 13.7. The highest BCUT2D eigenvalue weighted by Crippen LogP contribution is 2.19. The van der Waals surface area contributed by atoms with Gasteiger partial charge in [-0.1, -0.05) is 0 Å². The molecule has 0 spiro atoms. The molecule has 6 nitrogen and oxygen atoms in total. The molecular weight excluding hydrogens is 279 g/mol. The van der Waals surface area contributed by atoms with Gasteiger partial charge in [-0.25, -0.2) is 13.9 Å². The Labute approximate surface area is 120 Å². The number of halogens is 1. The number of nitrogens with zero attached hydrogens (tertiary/aromatic N) is 2. The largest absolute Gasteiger partial charge is 0.464 e. The summed E-state index contributed by atoms with van der Waals surface area (Å²) in [4.78, 5) is 11.4. The predicted molar refractivity (Wildman–Crippen MR) is 71.1 cm³/mol. The van der Waals surface area contributed by atoms with Crippen LogP contribution in [0.15, 0.2) is 36.7 Å². The van der Waals surface area contributed by atoms with E-state index in [4.69, 9.17) is 0 Å². The topological polar surface area (TPSA) is 84.6 Å². The Balaban J connectivity index is 2.15. The number of hydrogen-bond acceptors (Lipinski definition) is 5. The quantitative estimate of drug-likeness (QED) is 0.803. The van der Waals surface area contributed by atoms with Crippen LogP contribution in [0, 0.1) is 5.82 Å². The van der Waals surface area contributed by atoms with Crippen molar-refractivity contribution in [3.05, 3.63) is 48.0 Å². The summed E-state index contributed by atoms with van der Waals surface area (Å²) in [5, 5.41) is 23.6. The average molecular weight is 294 g/mol. The van der Waals surface area contributed by atoms with Crippen LogP contribution in [0.2, 0.25) is 0 Å². The zero-order valence-electron chi connectivity index (χ0n) is 11.3. The SMILES string of the molecule is CCOC(=O)C(O)C(O)c1cnn(-c2ccc(F)cc2)c1. The minimum Gasteiger partial charge on any atom is -0.464 e. The molecule has 0 aliphatic heterocycles. The maximum Gasteiger partial charge on any atom is 0.338 e. The van der Waals surface area contributed by atoms with Crippen molar-refractivity contribution in [1.82, 2.24) is 9.78 Å². The molecule has 0 radical (unpaired) electrons. The summed E-state index contributed by atoms with van der Waals surface area (Å²) in [5.41, 5.74) is 0.834. The number of ether oxygens (including phenoxy) is 1. The Morgan fingerprint density at radius 2 is 2.05 bits per heavy atom. The van der Waals surface area contributed by atoms with Gasteiger partial charge in [-0.05, 0) is 31.2 Å². The van der Waals surface area contributed by atoms with Crippen molar-refractivity contribution in [1.29, 1.82) is 0 Å². The summed E-state index contributed by atoms with van der Waals surface area (Å²) < 4.78 is 18.9.